The quantitative estimate of drug-likeness (QED) is 0.598. The Morgan fingerprint density at radius 2 is 1.50 bits per heavy atom. The summed E-state index contributed by atoms with van der Waals surface area (Å²) >= 11 is 0. The third kappa shape index (κ3) is 4.74. The first-order valence-electron chi connectivity index (χ1n) is 14.5. The Labute approximate surface area is 226 Å². The summed E-state index contributed by atoms with van der Waals surface area (Å²) in [5.41, 5.74) is 2.75. The van der Waals surface area contributed by atoms with Crippen LogP contribution in [-0.2, 0) is 9.53 Å². The predicted octanol–water partition coefficient (Wildman–Crippen LogP) is 4.32. The van der Waals surface area contributed by atoms with Gasteiger partial charge in [-0.15, -0.1) is 0 Å². The molecule has 2 heterocycles. The van der Waals surface area contributed by atoms with Crippen LogP contribution in [0.15, 0.2) is 12.1 Å². The molecule has 38 heavy (non-hydrogen) atoms. The molecule has 3 amide bonds. The zero-order valence-corrected chi connectivity index (χ0v) is 23.1. The van der Waals surface area contributed by atoms with Gasteiger partial charge in [-0.05, 0) is 98.3 Å². The number of nitrogens with zero attached hydrogens (tertiary/aromatic N) is 1. The number of benzene rings is 1. The summed E-state index contributed by atoms with van der Waals surface area (Å²) in [6.45, 7) is 5.21. The van der Waals surface area contributed by atoms with Crippen molar-refractivity contribution in [2.75, 3.05) is 40.5 Å². The van der Waals surface area contributed by atoms with Gasteiger partial charge in [0.25, 0.3) is 0 Å². The summed E-state index contributed by atoms with van der Waals surface area (Å²) in [4.78, 5) is 28.3. The summed E-state index contributed by atoms with van der Waals surface area (Å²) in [5.74, 6) is 2.74. The van der Waals surface area contributed by atoms with Gasteiger partial charge in [0.05, 0.1) is 14.2 Å². The van der Waals surface area contributed by atoms with Gasteiger partial charge in [-0.25, -0.2) is 4.79 Å². The van der Waals surface area contributed by atoms with Crippen molar-refractivity contribution in [3.05, 3.63) is 23.3 Å². The Hall–Kier alpha value is -2.48. The number of hydrogen-bond donors (Lipinski definition) is 2. The average Bonchev–Trinajstić information content (AvgIpc) is 3.04. The minimum absolute atomic E-state index is 0.0519. The molecule has 4 fully saturated rings. The summed E-state index contributed by atoms with van der Waals surface area (Å²) < 4.78 is 16.7. The molecule has 7 rings (SSSR count). The van der Waals surface area contributed by atoms with Crippen molar-refractivity contribution < 1.29 is 23.8 Å². The maximum absolute atomic E-state index is 13.4. The number of carbonyl (C=O) groups is 2. The molecule has 2 saturated heterocycles. The van der Waals surface area contributed by atoms with Crippen LogP contribution in [0.25, 0.3) is 0 Å². The van der Waals surface area contributed by atoms with E-state index >= 15 is 0 Å². The van der Waals surface area contributed by atoms with Crippen LogP contribution in [0, 0.1) is 11.3 Å². The number of hydrogen-bond acceptors (Lipinski definition) is 5. The van der Waals surface area contributed by atoms with Crippen molar-refractivity contribution >= 4 is 11.9 Å². The van der Waals surface area contributed by atoms with Crippen molar-refractivity contribution in [2.45, 2.75) is 88.1 Å². The molecule has 4 aliphatic carbocycles. The molecule has 2 unspecified atom stereocenters. The lowest BCUT2D eigenvalue weighted by Crippen LogP contribution is -2.61. The van der Waals surface area contributed by atoms with Gasteiger partial charge < -0.3 is 29.7 Å². The van der Waals surface area contributed by atoms with Gasteiger partial charge in [-0.2, -0.15) is 0 Å². The molecule has 2 aliphatic heterocycles. The lowest BCUT2D eigenvalue weighted by Gasteiger charge is -2.54. The van der Waals surface area contributed by atoms with E-state index in [1.807, 2.05) is 4.90 Å². The molecule has 2 N–H and O–H groups in total. The fourth-order valence-electron chi connectivity index (χ4n) is 8.66. The first-order valence-corrected chi connectivity index (χ1v) is 14.5. The Morgan fingerprint density at radius 1 is 0.921 bits per heavy atom. The maximum atomic E-state index is 13.4. The first kappa shape index (κ1) is 25.8. The minimum Gasteiger partial charge on any atom is -0.493 e. The number of likely N-dealkylation sites (tertiary alicyclic amines) is 1. The third-order valence-electron chi connectivity index (χ3n) is 10.1. The van der Waals surface area contributed by atoms with Gasteiger partial charge in [0.1, 0.15) is 0 Å². The van der Waals surface area contributed by atoms with Crippen molar-refractivity contribution in [3.8, 4) is 11.5 Å². The van der Waals surface area contributed by atoms with Crippen molar-refractivity contribution in [3.63, 3.8) is 0 Å². The van der Waals surface area contributed by atoms with Crippen LogP contribution in [0.2, 0.25) is 0 Å². The first-order chi connectivity index (χ1) is 18.3. The molecular weight excluding hydrogens is 482 g/mol. The second kappa shape index (κ2) is 9.92. The molecule has 4 atom stereocenters. The number of urea groups is 1. The lowest BCUT2D eigenvalue weighted by molar-refractivity contribution is -0.139. The van der Waals surface area contributed by atoms with Crippen LogP contribution in [0.5, 0.6) is 11.5 Å². The number of carbonyl (C=O) groups excluding carboxylic acids is 2. The zero-order chi connectivity index (χ0) is 26.5. The predicted molar refractivity (Wildman–Crippen MR) is 144 cm³/mol. The second-order valence-electron chi connectivity index (χ2n) is 12.9. The normalized spacial score (nSPS) is 32.9. The summed E-state index contributed by atoms with van der Waals surface area (Å²) in [6.07, 6.45) is 8.53. The Kier molecular flexibility index (Phi) is 6.73. The van der Waals surface area contributed by atoms with Gasteiger partial charge in [-0.3, -0.25) is 4.79 Å². The van der Waals surface area contributed by atoms with Crippen molar-refractivity contribution in [2.24, 2.45) is 11.3 Å². The van der Waals surface area contributed by atoms with E-state index in [0.29, 0.717) is 38.1 Å². The molecule has 0 aromatic heterocycles. The Balaban J connectivity index is 1.11. The second-order valence-corrected chi connectivity index (χ2v) is 12.9. The highest BCUT2D eigenvalue weighted by molar-refractivity contribution is 5.79. The molecular formula is C30H43N3O5. The molecule has 1 aromatic carbocycles. The van der Waals surface area contributed by atoms with Gasteiger partial charge in [0.15, 0.2) is 11.5 Å². The molecule has 208 valence electrons. The fraction of sp³-hybridized carbons (Fsp3) is 0.733. The van der Waals surface area contributed by atoms with Crippen LogP contribution in [0.4, 0.5) is 4.79 Å². The van der Waals surface area contributed by atoms with Gasteiger partial charge in [0.2, 0.25) is 5.91 Å². The van der Waals surface area contributed by atoms with Gasteiger partial charge in [0, 0.05) is 43.8 Å². The Morgan fingerprint density at radius 3 is 2.05 bits per heavy atom. The standard InChI is InChI=1S/C30H43N3O5/c1-29-14-20-16-30(18-29,17-21(15-29)24-13-26(37-3)25(36-2)12-23(20)24)32-28(35)31-22-4-8-33(9-5-22)27(34)19-6-10-38-11-7-19/h12-13,19-22H,4-11,14-18H2,1-3H3,(H2,31,32,35)/t20-,21+,29?,30?. The van der Waals surface area contributed by atoms with E-state index in [-0.39, 0.29) is 34.9 Å². The summed E-state index contributed by atoms with van der Waals surface area (Å²) in [7, 11) is 3.40. The van der Waals surface area contributed by atoms with E-state index in [2.05, 4.69) is 29.7 Å². The smallest absolute Gasteiger partial charge is 0.315 e. The third-order valence-corrected chi connectivity index (χ3v) is 10.1. The molecule has 6 aliphatic rings. The lowest BCUT2D eigenvalue weighted by atomic mass is 9.55. The van der Waals surface area contributed by atoms with E-state index in [9.17, 15) is 9.59 Å². The number of methoxy groups -OCH3 is 2. The number of ether oxygens (including phenoxy) is 3. The van der Waals surface area contributed by atoms with E-state index < -0.39 is 0 Å². The van der Waals surface area contributed by atoms with Gasteiger partial charge >= 0.3 is 6.03 Å². The largest absolute Gasteiger partial charge is 0.493 e. The highest BCUT2D eigenvalue weighted by Crippen LogP contribution is 2.63. The molecule has 2 saturated carbocycles. The highest BCUT2D eigenvalue weighted by Gasteiger charge is 2.56. The van der Waals surface area contributed by atoms with E-state index in [4.69, 9.17) is 14.2 Å². The van der Waals surface area contributed by atoms with Crippen LogP contribution >= 0.6 is 0 Å². The van der Waals surface area contributed by atoms with Crippen molar-refractivity contribution in [1.29, 1.82) is 0 Å². The minimum atomic E-state index is -0.204. The fourth-order valence-corrected chi connectivity index (χ4v) is 8.66. The van der Waals surface area contributed by atoms with Crippen LogP contribution < -0.4 is 20.1 Å². The monoisotopic (exact) mass is 525 g/mol. The molecule has 4 bridgehead atoms. The number of piperidine rings is 1. The Bertz CT molecular complexity index is 1030. The number of rotatable bonds is 5. The molecule has 8 heteroatoms. The summed E-state index contributed by atoms with van der Waals surface area (Å²) in [6, 6.07) is 4.43. The van der Waals surface area contributed by atoms with Crippen LogP contribution in [0.3, 0.4) is 0 Å². The maximum Gasteiger partial charge on any atom is 0.315 e. The van der Waals surface area contributed by atoms with Crippen LogP contribution in [0.1, 0.15) is 87.7 Å². The summed E-state index contributed by atoms with van der Waals surface area (Å²) in [5, 5.41) is 6.78. The number of nitrogens with one attached hydrogen (secondary N) is 2. The molecule has 8 nitrogen and oxygen atoms in total. The number of amides is 3. The molecule has 0 spiro atoms. The van der Waals surface area contributed by atoms with Gasteiger partial charge in [-0.1, -0.05) is 6.92 Å². The topological polar surface area (TPSA) is 89.1 Å². The highest BCUT2D eigenvalue weighted by atomic mass is 16.5. The van der Waals surface area contributed by atoms with Crippen LogP contribution in [-0.4, -0.2) is 68.9 Å². The van der Waals surface area contributed by atoms with E-state index in [1.165, 1.54) is 11.1 Å². The molecule has 1 aromatic rings. The SMILES string of the molecule is COc1cc2c(cc1OC)[C@H]1CC3(C)C[C@@H]2CC(NC(=O)NC2CCN(C(=O)C4CCOCC4)CC2)(C1)C3. The average molecular weight is 526 g/mol. The zero-order valence-electron chi connectivity index (χ0n) is 23.1. The van der Waals surface area contributed by atoms with Crippen molar-refractivity contribution in [1.82, 2.24) is 15.5 Å². The molecule has 0 radical (unpaired) electrons. The van der Waals surface area contributed by atoms with E-state index in [1.54, 1.807) is 14.2 Å². The van der Waals surface area contributed by atoms with E-state index in [0.717, 1.165) is 69.3 Å².